The third-order valence-corrected chi connectivity index (χ3v) is 5.55. The molecule has 0 aliphatic heterocycles. The second kappa shape index (κ2) is 8.91. The Morgan fingerprint density at radius 3 is 2.34 bits per heavy atom. The normalized spacial score (nSPS) is 11.6. The molecule has 29 heavy (non-hydrogen) atoms. The summed E-state index contributed by atoms with van der Waals surface area (Å²) in [6.07, 6.45) is 0. The topological polar surface area (TPSA) is 106 Å². The number of sulfonamides is 1. The summed E-state index contributed by atoms with van der Waals surface area (Å²) in [4.78, 5) is 14.0. The molecule has 1 aromatic heterocycles. The number of nitrogens with zero attached hydrogens (tertiary/aromatic N) is 1. The van der Waals surface area contributed by atoms with Crippen LogP contribution in [0.15, 0.2) is 74.4 Å². The van der Waals surface area contributed by atoms with E-state index in [0.717, 1.165) is 21.6 Å². The fourth-order valence-corrected chi connectivity index (χ4v) is 3.51. The van der Waals surface area contributed by atoms with Crippen LogP contribution in [0.5, 0.6) is 0 Å². The lowest BCUT2D eigenvalue weighted by Crippen LogP contribution is -2.29. The van der Waals surface area contributed by atoms with Gasteiger partial charge >= 0.3 is 0 Å². The molecule has 7 nitrogen and oxygen atoms in total. The summed E-state index contributed by atoms with van der Waals surface area (Å²) in [5, 5.41) is 7.78. The number of anilines is 1. The third kappa shape index (κ3) is 6.01. The lowest BCUT2D eigenvalue weighted by Gasteiger charge is -2.15. The zero-order valence-electron chi connectivity index (χ0n) is 15.6. The van der Waals surface area contributed by atoms with Crippen LogP contribution in [-0.4, -0.2) is 32.8 Å². The molecular formula is C20H20BrN3O4S. The van der Waals surface area contributed by atoms with Gasteiger partial charge in [0, 0.05) is 15.7 Å². The van der Waals surface area contributed by atoms with E-state index in [1.165, 1.54) is 24.3 Å². The van der Waals surface area contributed by atoms with E-state index in [4.69, 9.17) is 9.56 Å². The number of nitrogens with one attached hydrogen (secondary N) is 1. The smallest absolute Gasteiger partial charge is 0.238 e. The molecule has 0 saturated carbocycles. The fourth-order valence-electron chi connectivity index (χ4n) is 2.73. The van der Waals surface area contributed by atoms with Crippen LogP contribution < -0.4 is 10.5 Å². The van der Waals surface area contributed by atoms with Crippen LogP contribution in [0.25, 0.3) is 11.3 Å². The number of hydrogen-bond acceptors (Lipinski definition) is 5. The van der Waals surface area contributed by atoms with E-state index in [-0.39, 0.29) is 17.3 Å². The number of amides is 1. The Labute approximate surface area is 177 Å². The molecule has 0 aliphatic rings. The molecule has 3 aromatic rings. The first kappa shape index (κ1) is 21.3. The molecule has 0 atom stereocenters. The number of benzene rings is 2. The maximum atomic E-state index is 12.2. The summed E-state index contributed by atoms with van der Waals surface area (Å²) in [5.74, 6) is 1.28. The largest absolute Gasteiger partial charge is 0.460 e. The highest BCUT2D eigenvalue weighted by atomic mass is 79.9. The standard InChI is InChI=1S/C20H20BrN3O4S/c1-24(12-17-8-11-19(28-17)14-2-4-15(21)5-3-14)13-20(25)23-16-6-9-18(10-7-16)29(22,26)27/h2-11H,12-13H2,1H3,(H,23,25)(H2,22,26,27). The summed E-state index contributed by atoms with van der Waals surface area (Å²) < 4.78 is 29.4. The minimum absolute atomic E-state index is 0.00739. The highest BCUT2D eigenvalue weighted by Gasteiger charge is 2.12. The molecule has 0 unspecified atom stereocenters. The zero-order valence-corrected chi connectivity index (χ0v) is 18.0. The number of nitrogens with two attached hydrogens (primary N) is 1. The number of furan rings is 1. The number of carbonyl (C=O) groups is 1. The quantitative estimate of drug-likeness (QED) is 0.542. The van der Waals surface area contributed by atoms with Gasteiger partial charge in [0.2, 0.25) is 15.9 Å². The van der Waals surface area contributed by atoms with Gasteiger partial charge in [-0.2, -0.15) is 0 Å². The maximum Gasteiger partial charge on any atom is 0.238 e. The van der Waals surface area contributed by atoms with Gasteiger partial charge < -0.3 is 9.73 Å². The van der Waals surface area contributed by atoms with Crippen molar-refractivity contribution in [1.29, 1.82) is 0 Å². The van der Waals surface area contributed by atoms with Gasteiger partial charge in [0.1, 0.15) is 11.5 Å². The summed E-state index contributed by atoms with van der Waals surface area (Å²) in [7, 11) is -1.94. The van der Waals surface area contributed by atoms with Gasteiger partial charge in [-0.3, -0.25) is 9.69 Å². The number of halogens is 1. The molecule has 1 amide bonds. The first-order valence-electron chi connectivity index (χ1n) is 8.66. The van der Waals surface area contributed by atoms with E-state index >= 15 is 0 Å². The lowest BCUT2D eigenvalue weighted by molar-refractivity contribution is -0.117. The predicted octanol–water partition coefficient (Wildman–Crippen LogP) is 3.43. The molecule has 2 aromatic carbocycles. The van der Waals surface area contributed by atoms with Crippen molar-refractivity contribution in [2.45, 2.75) is 11.4 Å². The second-order valence-electron chi connectivity index (χ2n) is 6.56. The molecule has 0 aliphatic carbocycles. The van der Waals surface area contributed by atoms with Gasteiger partial charge in [0.05, 0.1) is 18.0 Å². The molecule has 3 rings (SSSR count). The SMILES string of the molecule is CN(CC(=O)Nc1ccc(S(N)(=O)=O)cc1)Cc1ccc(-c2ccc(Br)cc2)o1. The number of hydrogen-bond donors (Lipinski definition) is 2. The van der Waals surface area contributed by atoms with Crippen molar-refractivity contribution in [3.63, 3.8) is 0 Å². The Bertz CT molecular complexity index is 1090. The van der Waals surface area contributed by atoms with Crippen molar-refractivity contribution in [1.82, 2.24) is 4.90 Å². The monoisotopic (exact) mass is 477 g/mol. The van der Waals surface area contributed by atoms with E-state index in [0.29, 0.717) is 12.2 Å². The van der Waals surface area contributed by atoms with E-state index < -0.39 is 10.0 Å². The van der Waals surface area contributed by atoms with Crippen LogP contribution in [0.2, 0.25) is 0 Å². The van der Waals surface area contributed by atoms with Crippen LogP contribution in [-0.2, 0) is 21.4 Å². The van der Waals surface area contributed by atoms with Crippen LogP contribution in [0, 0.1) is 0 Å². The summed E-state index contributed by atoms with van der Waals surface area (Å²) in [6.45, 7) is 0.611. The van der Waals surface area contributed by atoms with Crippen molar-refractivity contribution in [2.75, 3.05) is 18.9 Å². The first-order chi connectivity index (χ1) is 13.7. The molecule has 1 heterocycles. The molecule has 3 N–H and O–H groups in total. The Morgan fingerprint density at radius 2 is 1.72 bits per heavy atom. The molecule has 0 spiro atoms. The second-order valence-corrected chi connectivity index (χ2v) is 9.04. The van der Waals surface area contributed by atoms with Crippen molar-refractivity contribution >= 4 is 37.5 Å². The van der Waals surface area contributed by atoms with Crippen LogP contribution >= 0.6 is 15.9 Å². The average molecular weight is 478 g/mol. The average Bonchev–Trinajstić information content (AvgIpc) is 3.10. The van der Waals surface area contributed by atoms with Crippen LogP contribution in [0.4, 0.5) is 5.69 Å². The number of rotatable bonds is 7. The van der Waals surface area contributed by atoms with E-state index in [1.807, 2.05) is 48.3 Å². The molecule has 0 bridgehead atoms. The van der Waals surface area contributed by atoms with E-state index in [2.05, 4.69) is 21.2 Å². The van der Waals surface area contributed by atoms with Gasteiger partial charge in [0.25, 0.3) is 0 Å². The summed E-state index contributed by atoms with van der Waals surface area (Å²) in [5.41, 5.74) is 1.47. The number of likely N-dealkylation sites (N-methyl/N-ethyl adjacent to an activating group) is 1. The van der Waals surface area contributed by atoms with Gasteiger partial charge in [-0.1, -0.05) is 28.1 Å². The summed E-state index contributed by atoms with van der Waals surface area (Å²) >= 11 is 3.41. The highest BCUT2D eigenvalue weighted by molar-refractivity contribution is 9.10. The van der Waals surface area contributed by atoms with Gasteiger partial charge in [-0.05, 0) is 55.6 Å². The fraction of sp³-hybridized carbons (Fsp3) is 0.150. The van der Waals surface area contributed by atoms with Crippen molar-refractivity contribution in [3.05, 3.63) is 70.9 Å². The lowest BCUT2D eigenvalue weighted by atomic mass is 10.2. The molecular weight excluding hydrogens is 458 g/mol. The predicted molar refractivity (Wildman–Crippen MR) is 115 cm³/mol. The van der Waals surface area contributed by atoms with Crippen LogP contribution in [0.3, 0.4) is 0 Å². The number of primary sulfonamides is 1. The number of carbonyl (C=O) groups excluding carboxylic acids is 1. The molecule has 152 valence electrons. The van der Waals surface area contributed by atoms with Crippen molar-refractivity contribution < 1.29 is 17.6 Å². The van der Waals surface area contributed by atoms with Gasteiger partial charge in [-0.15, -0.1) is 0 Å². The zero-order chi connectivity index (χ0) is 21.0. The molecule has 9 heteroatoms. The summed E-state index contributed by atoms with van der Waals surface area (Å²) in [6, 6.07) is 17.3. The maximum absolute atomic E-state index is 12.2. The molecule has 0 fully saturated rings. The van der Waals surface area contributed by atoms with Gasteiger partial charge in [0.15, 0.2) is 0 Å². The molecule has 0 saturated heterocycles. The minimum atomic E-state index is -3.76. The minimum Gasteiger partial charge on any atom is -0.460 e. The highest BCUT2D eigenvalue weighted by Crippen LogP contribution is 2.24. The Morgan fingerprint density at radius 1 is 1.07 bits per heavy atom. The Balaban J connectivity index is 1.54. The Hall–Kier alpha value is -2.46. The van der Waals surface area contributed by atoms with E-state index in [9.17, 15) is 13.2 Å². The van der Waals surface area contributed by atoms with Crippen LogP contribution in [0.1, 0.15) is 5.76 Å². The first-order valence-corrected chi connectivity index (χ1v) is 11.0. The van der Waals surface area contributed by atoms with Crippen molar-refractivity contribution in [2.24, 2.45) is 5.14 Å². The van der Waals surface area contributed by atoms with E-state index in [1.54, 1.807) is 0 Å². The Kier molecular flexibility index (Phi) is 6.53. The third-order valence-electron chi connectivity index (χ3n) is 4.10. The van der Waals surface area contributed by atoms with Gasteiger partial charge in [-0.25, -0.2) is 13.6 Å². The van der Waals surface area contributed by atoms with Crippen molar-refractivity contribution in [3.8, 4) is 11.3 Å². The molecule has 0 radical (unpaired) electrons.